The van der Waals surface area contributed by atoms with Crippen molar-refractivity contribution in [3.05, 3.63) is 28.2 Å². The SMILES string of the molecule is O=C(CCCl)c1c(Br)cccc1OCF. The second-order valence-electron chi connectivity index (χ2n) is 2.73. The number of ether oxygens (including phenoxy) is 1. The fourth-order valence-corrected chi connectivity index (χ4v) is 1.91. The van der Waals surface area contributed by atoms with Crippen molar-refractivity contribution >= 4 is 33.3 Å². The normalized spacial score (nSPS) is 10.1. The van der Waals surface area contributed by atoms with Crippen LogP contribution in [0.25, 0.3) is 0 Å². The topological polar surface area (TPSA) is 26.3 Å². The molecule has 1 aromatic carbocycles. The maximum absolute atomic E-state index is 12.1. The van der Waals surface area contributed by atoms with Gasteiger partial charge in [-0.25, -0.2) is 4.39 Å². The van der Waals surface area contributed by atoms with Gasteiger partial charge in [0, 0.05) is 16.8 Å². The third kappa shape index (κ3) is 3.18. The Labute approximate surface area is 101 Å². The number of carbonyl (C=O) groups is 1. The van der Waals surface area contributed by atoms with Crippen molar-refractivity contribution in [3.63, 3.8) is 0 Å². The molecule has 0 N–H and O–H groups in total. The van der Waals surface area contributed by atoms with Gasteiger partial charge in [-0.2, -0.15) is 0 Å². The summed E-state index contributed by atoms with van der Waals surface area (Å²) in [6, 6.07) is 4.92. The molecular weight excluding hydrogens is 286 g/mol. The molecule has 0 saturated carbocycles. The highest BCUT2D eigenvalue weighted by Gasteiger charge is 2.15. The molecule has 15 heavy (non-hydrogen) atoms. The zero-order chi connectivity index (χ0) is 11.3. The van der Waals surface area contributed by atoms with Gasteiger partial charge in [-0.3, -0.25) is 4.79 Å². The van der Waals surface area contributed by atoms with Gasteiger partial charge in [0.1, 0.15) is 5.75 Å². The largest absolute Gasteiger partial charge is 0.462 e. The molecule has 0 spiro atoms. The first-order valence-corrected chi connectivity index (χ1v) is 5.60. The number of rotatable bonds is 5. The molecule has 0 fully saturated rings. The molecule has 0 aromatic heterocycles. The Kier molecular flexibility index (Phi) is 5.05. The Bertz CT molecular complexity index is 357. The van der Waals surface area contributed by atoms with Gasteiger partial charge in [-0.1, -0.05) is 6.07 Å². The number of carbonyl (C=O) groups excluding carboxylic acids is 1. The van der Waals surface area contributed by atoms with Crippen molar-refractivity contribution in [2.75, 3.05) is 12.7 Å². The number of ketones is 1. The van der Waals surface area contributed by atoms with Gasteiger partial charge in [0.05, 0.1) is 5.56 Å². The van der Waals surface area contributed by atoms with Crippen LogP contribution in [0.15, 0.2) is 22.7 Å². The van der Waals surface area contributed by atoms with Crippen LogP contribution in [0.1, 0.15) is 16.8 Å². The number of hydrogen-bond donors (Lipinski definition) is 0. The molecule has 82 valence electrons. The molecule has 2 nitrogen and oxygen atoms in total. The second kappa shape index (κ2) is 6.08. The first-order valence-electron chi connectivity index (χ1n) is 4.27. The second-order valence-corrected chi connectivity index (χ2v) is 3.96. The molecule has 0 saturated heterocycles. The predicted molar refractivity (Wildman–Crippen MR) is 60.4 cm³/mol. The van der Waals surface area contributed by atoms with E-state index in [0.29, 0.717) is 10.0 Å². The Hall–Kier alpha value is -0.610. The molecule has 0 aliphatic heterocycles. The standard InChI is InChI=1S/C10H9BrClFO2/c11-7-2-1-3-9(15-6-13)10(7)8(14)4-5-12/h1-3H,4-6H2. The number of hydrogen-bond acceptors (Lipinski definition) is 2. The summed E-state index contributed by atoms with van der Waals surface area (Å²) in [4.78, 5) is 11.6. The number of halogens is 3. The van der Waals surface area contributed by atoms with Crippen LogP contribution in [-0.2, 0) is 0 Å². The highest BCUT2D eigenvalue weighted by atomic mass is 79.9. The Morgan fingerprint density at radius 2 is 2.27 bits per heavy atom. The zero-order valence-electron chi connectivity index (χ0n) is 7.80. The van der Waals surface area contributed by atoms with Crippen molar-refractivity contribution in [2.24, 2.45) is 0 Å². The monoisotopic (exact) mass is 294 g/mol. The number of benzene rings is 1. The van der Waals surface area contributed by atoms with E-state index in [1.165, 1.54) is 0 Å². The highest BCUT2D eigenvalue weighted by molar-refractivity contribution is 9.10. The first kappa shape index (κ1) is 12.5. The van der Waals surface area contributed by atoms with Gasteiger partial charge >= 0.3 is 0 Å². The Balaban J connectivity index is 3.06. The third-order valence-electron chi connectivity index (χ3n) is 1.79. The van der Waals surface area contributed by atoms with Crippen LogP contribution >= 0.6 is 27.5 Å². The van der Waals surface area contributed by atoms with Crippen LogP contribution in [0, 0.1) is 0 Å². The molecule has 0 aliphatic carbocycles. The first-order chi connectivity index (χ1) is 7.20. The maximum atomic E-state index is 12.1. The fraction of sp³-hybridized carbons (Fsp3) is 0.300. The van der Waals surface area contributed by atoms with E-state index in [-0.39, 0.29) is 23.8 Å². The lowest BCUT2D eigenvalue weighted by atomic mass is 10.1. The maximum Gasteiger partial charge on any atom is 0.228 e. The average Bonchev–Trinajstić information content (AvgIpc) is 2.18. The van der Waals surface area contributed by atoms with Crippen molar-refractivity contribution in [1.82, 2.24) is 0 Å². The summed E-state index contributed by atoms with van der Waals surface area (Å²) in [5, 5.41) is 0. The van der Waals surface area contributed by atoms with Crippen LogP contribution in [0.4, 0.5) is 4.39 Å². The molecule has 1 aromatic rings. The van der Waals surface area contributed by atoms with Crippen LogP contribution < -0.4 is 4.74 Å². The molecule has 0 heterocycles. The zero-order valence-corrected chi connectivity index (χ0v) is 10.1. The minimum Gasteiger partial charge on any atom is -0.462 e. The summed E-state index contributed by atoms with van der Waals surface area (Å²) in [7, 11) is 0. The van der Waals surface area contributed by atoms with Crippen molar-refractivity contribution in [2.45, 2.75) is 6.42 Å². The highest BCUT2D eigenvalue weighted by Crippen LogP contribution is 2.28. The summed E-state index contributed by atoms with van der Waals surface area (Å²) >= 11 is 8.70. The van der Waals surface area contributed by atoms with Gasteiger partial charge < -0.3 is 4.74 Å². The summed E-state index contributed by atoms with van der Waals surface area (Å²) in [6.45, 7) is -0.961. The molecular formula is C10H9BrClFO2. The third-order valence-corrected chi connectivity index (χ3v) is 2.64. The Morgan fingerprint density at radius 1 is 1.53 bits per heavy atom. The van der Waals surface area contributed by atoms with Gasteiger partial charge in [0.2, 0.25) is 6.86 Å². The molecule has 0 atom stereocenters. The molecule has 0 unspecified atom stereocenters. The van der Waals surface area contributed by atoms with E-state index < -0.39 is 6.86 Å². The smallest absolute Gasteiger partial charge is 0.228 e. The van der Waals surface area contributed by atoms with Crippen LogP contribution in [0.5, 0.6) is 5.75 Å². The number of alkyl halides is 2. The van der Waals surface area contributed by atoms with Crippen molar-refractivity contribution in [3.8, 4) is 5.75 Å². The summed E-state index contributed by atoms with van der Waals surface area (Å²) in [5.41, 5.74) is 0.343. The Morgan fingerprint density at radius 3 is 2.87 bits per heavy atom. The van der Waals surface area contributed by atoms with Crippen LogP contribution in [0.2, 0.25) is 0 Å². The molecule has 0 amide bonds. The minimum absolute atomic E-state index is 0.166. The van der Waals surface area contributed by atoms with E-state index in [2.05, 4.69) is 15.9 Å². The lowest BCUT2D eigenvalue weighted by Gasteiger charge is -2.09. The van der Waals surface area contributed by atoms with E-state index in [4.69, 9.17) is 16.3 Å². The van der Waals surface area contributed by atoms with Crippen LogP contribution in [0.3, 0.4) is 0 Å². The molecule has 1 rings (SSSR count). The van der Waals surface area contributed by atoms with Gasteiger partial charge in [0.15, 0.2) is 5.78 Å². The minimum atomic E-state index is -0.961. The van der Waals surface area contributed by atoms with E-state index in [0.717, 1.165) is 0 Å². The summed E-state index contributed by atoms with van der Waals surface area (Å²) in [6.07, 6.45) is 0.201. The quantitative estimate of drug-likeness (QED) is 0.613. The fourth-order valence-electron chi connectivity index (χ4n) is 1.16. The lowest BCUT2D eigenvalue weighted by Crippen LogP contribution is -2.05. The van der Waals surface area contributed by atoms with E-state index in [9.17, 15) is 9.18 Å². The summed E-state index contributed by atoms with van der Waals surface area (Å²) < 4.78 is 17.4. The van der Waals surface area contributed by atoms with Crippen LogP contribution in [-0.4, -0.2) is 18.5 Å². The molecule has 0 radical (unpaired) electrons. The van der Waals surface area contributed by atoms with Gasteiger partial charge in [0.25, 0.3) is 0 Å². The van der Waals surface area contributed by atoms with E-state index in [1.54, 1.807) is 18.2 Å². The molecule has 0 aliphatic rings. The van der Waals surface area contributed by atoms with Crippen molar-refractivity contribution < 1.29 is 13.9 Å². The van der Waals surface area contributed by atoms with Gasteiger partial charge in [-0.05, 0) is 28.1 Å². The lowest BCUT2D eigenvalue weighted by molar-refractivity contribution is 0.0981. The predicted octanol–water partition coefficient (Wildman–Crippen LogP) is 3.57. The molecule has 0 bridgehead atoms. The summed E-state index contributed by atoms with van der Waals surface area (Å²) in [5.74, 6) is 0.304. The average molecular weight is 296 g/mol. The number of Topliss-reactive ketones (excluding diaryl/α,β-unsaturated/α-hetero) is 1. The van der Waals surface area contributed by atoms with E-state index >= 15 is 0 Å². The van der Waals surface area contributed by atoms with Crippen molar-refractivity contribution in [1.29, 1.82) is 0 Å². The van der Waals surface area contributed by atoms with E-state index in [1.807, 2.05) is 0 Å². The molecule has 5 heteroatoms. The van der Waals surface area contributed by atoms with Gasteiger partial charge in [-0.15, -0.1) is 11.6 Å².